The second-order valence-electron chi connectivity index (χ2n) is 6.60. The summed E-state index contributed by atoms with van der Waals surface area (Å²) in [6.07, 6.45) is 2.95. The lowest BCUT2D eigenvalue weighted by Crippen LogP contribution is -2.35. The van der Waals surface area contributed by atoms with Crippen molar-refractivity contribution in [1.29, 1.82) is 0 Å². The number of carbonyl (C=O) groups is 1. The van der Waals surface area contributed by atoms with Gasteiger partial charge in [-0.05, 0) is 55.5 Å². The predicted molar refractivity (Wildman–Crippen MR) is 97.3 cm³/mol. The summed E-state index contributed by atoms with van der Waals surface area (Å²) in [7, 11) is 4.74. The number of amides is 1. The molecule has 0 spiro atoms. The van der Waals surface area contributed by atoms with Gasteiger partial charge in [0.1, 0.15) is 0 Å². The van der Waals surface area contributed by atoms with Crippen molar-refractivity contribution in [3.05, 3.63) is 17.7 Å². The first-order valence-corrected chi connectivity index (χ1v) is 8.85. The van der Waals surface area contributed by atoms with E-state index in [1.54, 1.807) is 21.3 Å². The lowest BCUT2D eigenvalue weighted by atomic mass is 9.85. The second-order valence-corrected chi connectivity index (χ2v) is 6.60. The van der Waals surface area contributed by atoms with Gasteiger partial charge in [-0.3, -0.25) is 4.79 Å². The Morgan fingerprint density at radius 3 is 2.44 bits per heavy atom. The molecule has 25 heavy (non-hydrogen) atoms. The third-order valence-corrected chi connectivity index (χ3v) is 4.86. The van der Waals surface area contributed by atoms with Gasteiger partial charge in [-0.2, -0.15) is 0 Å². The van der Waals surface area contributed by atoms with Crippen LogP contribution in [0, 0.1) is 11.8 Å². The minimum atomic E-state index is 0.0758. The molecule has 2 atom stereocenters. The van der Waals surface area contributed by atoms with Crippen molar-refractivity contribution in [3.8, 4) is 17.2 Å². The standard InChI is InChI=1S/C19H30N2O4/c1-13(15-6-5-7-20-12-15)8-18(22)21-11-14-9-16(23-2)19(25-4)17(10-14)24-3/h9-10,13,15,20H,5-8,11-12H2,1-4H3,(H,21,22). The number of rotatable bonds is 8. The number of ether oxygens (including phenoxy) is 3. The summed E-state index contributed by atoms with van der Waals surface area (Å²) in [5.74, 6) is 2.78. The molecule has 0 aliphatic carbocycles. The summed E-state index contributed by atoms with van der Waals surface area (Å²) in [5, 5.41) is 6.41. The molecule has 1 fully saturated rings. The number of piperidine rings is 1. The average Bonchev–Trinajstić information content (AvgIpc) is 2.65. The van der Waals surface area contributed by atoms with Crippen molar-refractivity contribution in [2.45, 2.75) is 32.7 Å². The summed E-state index contributed by atoms with van der Waals surface area (Å²) in [6.45, 7) is 4.71. The van der Waals surface area contributed by atoms with Crippen molar-refractivity contribution < 1.29 is 19.0 Å². The molecule has 1 aliphatic rings. The number of methoxy groups -OCH3 is 3. The van der Waals surface area contributed by atoms with Gasteiger partial charge < -0.3 is 24.8 Å². The van der Waals surface area contributed by atoms with Crippen LogP contribution in [-0.2, 0) is 11.3 Å². The van der Waals surface area contributed by atoms with Crippen molar-refractivity contribution in [1.82, 2.24) is 10.6 Å². The normalized spacial score (nSPS) is 18.3. The van der Waals surface area contributed by atoms with E-state index in [2.05, 4.69) is 17.6 Å². The number of nitrogens with one attached hydrogen (secondary N) is 2. The van der Waals surface area contributed by atoms with Gasteiger partial charge >= 0.3 is 0 Å². The topological polar surface area (TPSA) is 68.8 Å². The highest BCUT2D eigenvalue weighted by Gasteiger charge is 2.22. The van der Waals surface area contributed by atoms with E-state index in [9.17, 15) is 4.79 Å². The van der Waals surface area contributed by atoms with Gasteiger partial charge in [0.15, 0.2) is 11.5 Å². The first-order valence-electron chi connectivity index (χ1n) is 8.85. The molecule has 6 heteroatoms. The molecule has 0 radical (unpaired) electrons. The van der Waals surface area contributed by atoms with Crippen molar-refractivity contribution >= 4 is 5.91 Å². The van der Waals surface area contributed by atoms with Crippen LogP contribution in [0.1, 0.15) is 31.7 Å². The summed E-state index contributed by atoms with van der Waals surface area (Å²) in [4.78, 5) is 12.3. The zero-order valence-corrected chi connectivity index (χ0v) is 15.7. The van der Waals surface area contributed by atoms with Crippen LogP contribution in [-0.4, -0.2) is 40.3 Å². The highest BCUT2D eigenvalue weighted by molar-refractivity contribution is 5.76. The average molecular weight is 350 g/mol. The van der Waals surface area contributed by atoms with Gasteiger partial charge in [0.25, 0.3) is 0 Å². The zero-order valence-electron chi connectivity index (χ0n) is 15.7. The third kappa shape index (κ3) is 5.26. The highest BCUT2D eigenvalue weighted by Crippen LogP contribution is 2.38. The molecular formula is C19H30N2O4. The number of benzene rings is 1. The summed E-state index contributed by atoms with van der Waals surface area (Å²) in [6, 6.07) is 3.71. The maximum atomic E-state index is 12.3. The minimum absolute atomic E-state index is 0.0758. The molecule has 140 valence electrons. The first-order chi connectivity index (χ1) is 12.1. The van der Waals surface area contributed by atoms with E-state index in [0.717, 1.165) is 18.7 Å². The molecule has 1 aliphatic heterocycles. The number of hydrogen-bond acceptors (Lipinski definition) is 5. The van der Waals surface area contributed by atoms with Gasteiger partial charge in [-0.15, -0.1) is 0 Å². The lowest BCUT2D eigenvalue weighted by Gasteiger charge is -2.28. The zero-order chi connectivity index (χ0) is 18.2. The fourth-order valence-electron chi connectivity index (χ4n) is 3.33. The molecule has 0 saturated carbocycles. The third-order valence-electron chi connectivity index (χ3n) is 4.86. The maximum absolute atomic E-state index is 12.3. The molecule has 1 aromatic rings. The fourth-order valence-corrected chi connectivity index (χ4v) is 3.33. The maximum Gasteiger partial charge on any atom is 0.220 e. The minimum Gasteiger partial charge on any atom is -0.493 e. The second kappa shape index (κ2) is 9.51. The van der Waals surface area contributed by atoms with Crippen LogP contribution in [0.4, 0.5) is 0 Å². The Bertz CT molecular complexity index is 546. The van der Waals surface area contributed by atoms with E-state index in [0.29, 0.717) is 42.0 Å². The van der Waals surface area contributed by atoms with E-state index >= 15 is 0 Å². The van der Waals surface area contributed by atoms with Crippen molar-refractivity contribution in [3.63, 3.8) is 0 Å². The molecule has 0 bridgehead atoms. The number of carbonyl (C=O) groups excluding carboxylic acids is 1. The summed E-state index contributed by atoms with van der Waals surface area (Å²) in [5.41, 5.74) is 0.912. The van der Waals surface area contributed by atoms with Gasteiger partial charge in [0, 0.05) is 13.0 Å². The lowest BCUT2D eigenvalue weighted by molar-refractivity contribution is -0.122. The van der Waals surface area contributed by atoms with Gasteiger partial charge in [0.2, 0.25) is 11.7 Å². The van der Waals surface area contributed by atoms with Crippen molar-refractivity contribution in [2.75, 3.05) is 34.4 Å². The Morgan fingerprint density at radius 2 is 1.92 bits per heavy atom. The Hall–Kier alpha value is -1.95. The monoisotopic (exact) mass is 350 g/mol. The van der Waals surface area contributed by atoms with Crippen LogP contribution < -0.4 is 24.8 Å². The highest BCUT2D eigenvalue weighted by atomic mass is 16.5. The molecule has 1 aromatic carbocycles. The van der Waals surface area contributed by atoms with E-state index in [-0.39, 0.29) is 5.91 Å². The van der Waals surface area contributed by atoms with Gasteiger partial charge in [0.05, 0.1) is 21.3 Å². The van der Waals surface area contributed by atoms with E-state index in [4.69, 9.17) is 14.2 Å². The van der Waals surface area contributed by atoms with Gasteiger partial charge in [-0.1, -0.05) is 6.92 Å². The van der Waals surface area contributed by atoms with E-state index in [1.807, 2.05) is 12.1 Å². The molecule has 1 amide bonds. The van der Waals surface area contributed by atoms with Crippen molar-refractivity contribution in [2.24, 2.45) is 11.8 Å². The van der Waals surface area contributed by atoms with Crippen LogP contribution in [0.5, 0.6) is 17.2 Å². The van der Waals surface area contributed by atoms with Gasteiger partial charge in [-0.25, -0.2) is 0 Å². The Kier molecular flexibility index (Phi) is 7.37. The summed E-state index contributed by atoms with van der Waals surface area (Å²) >= 11 is 0. The first kappa shape index (κ1) is 19.4. The molecule has 2 rings (SSSR count). The SMILES string of the molecule is COc1cc(CNC(=O)CC(C)C2CCCNC2)cc(OC)c1OC. The molecule has 1 saturated heterocycles. The Balaban J connectivity index is 1.92. The molecule has 2 unspecified atom stereocenters. The van der Waals surface area contributed by atoms with Crippen LogP contribution in [0.3, 0.4) is 0 Å². The Labute approximate surface area is 150 Å². The molecule has 0 aromatic heterocycles. The molecule has 2 N–H and O–H groups in total. The van der Waals surface area contributed by atoms with Crippen LogP contribution in [0.25, 0.3) is 0 Å². The van der Waals surface area contributed by atoms with Crippen LogP contribution in [0.15, 0.2) is 12.1 Å². The Morgan fingerprint density at radius 1 is 1.24 bits per heavy atom. The smallest absolute Gasteiger partial charge is 0.220 e. The fraction of sp³-hybridized carbons (Fsp3) is 0.632. The quantitative estimate of drug-likeness (QED) is 0.753. The predicted octanol–water partition coefficient (Wildman–Crippen LogP) is 2.35. The number of hydrogen-bond donors (Lipinski definition) is 2. The molecule has 6 nitrogen and oxygen atoms in total. The van der Waals surface area contributed by atoms with Crippen LogP contribution >= 0.6 is 0 Å². The van der Waals surface area contributed by atoms with E-state index in [1.165, 1.54) is 12.8 Å². The van der Waals surface area contributed by atoms with E-state index < -0.39 is 0 Å². The van der Waals surface area contributed by atoms with Crippen LogP contribution in [0.2, 0.25) is 0 Å². The largest absolute Gasteiger partial charge is 0.493 e. The molecular weight excluding hydrogens is 320 g/mol. The summed E-state index contributed by atoms with van der Waals surface area (Å²) < 4.78 is 16.0. The molecule has 1 heterocycles.